The van der Waals surface area contributed by atoms with E-state index in [1.165, 1.54) is 16.4 Å². The Kier molecular flexibility index (Phi) is 7.50. The number of rotatable bonds is 7. The van der Waals surface area contributed by atoms with E-state index in [0.29, 0.717) is 43.2 Å². The third kappa shape index (κ3) is 5.40. The molecule has 2 aliphatic rings. The molecule has 2 N–H and O–H groups in total. The van der Waals surface area contributed by atoms with Crippen LogP contribution in [0.1, 0.15) is 28.8 Å². The van der Waals surface area contributed by atoms with E-state index >= 15 is 0 Å². The number of likely N-dealkylation sites (tertiary alicyclic amines) is 1. The number of morpholine rings is 1. The van der Waals surface area contributed by atoms with Gasteiger partial charge in [-0.3, -0.25) is 9.59 Å². The zero-order chi connectivity index (χ0) is 24.1. The molecule has 0 saturated carbocycles. The number of nitrogens with one attached hydrogen (secondary N) is 2. The second-order valence-corrected chi connectivity index (χ2v) is 10.4. The molecule has 10 heteroatoms. The first kappa shape index (κ1) is 24.2. The van der Waals surface area contributed by atoms with Gasteiger partial charge < -0.3 is 20.3 Å². The highest BCUT2D eigenvalue weighted by Crippen LogP contribution is 2.24. The molecule has 2 saturated heterocycles. The molecule has 0 bridgehead atoms. The van der Waals surface area contributed by atoms with E-state index in [2.05, 4.69) is 10.6 Å². The Morgan fingerprint density at radius 2 is 1.71 bits per heavy atom. The predicted octanol–water partition coefficient (Wildman–Crippen LogP) is 2.30. The van der Waals surface area contributed by atoms with Crippen LogP contribution in [-0.4, -0.2) is 75.4 Å². The lowest BCUT2D eigenvalue weighted by atomic mass is 10.0. The van der Waals surface area contributed by atoms with Gasteiger partial charge >= 0.3 is 0 Å². The second kappa shape index (κ2) is 10.5. The van der Waals surface area contributed by atoms with E-state index in [9.17, 15) is 18.0 Å². The summed E-state index contributed by atoms with van der Waals surface area (Å²) in [5, 5.41) is 5.82. The number of sulfonamides is 1. The standard InChI is InChI=1S/C24H30N4O5S/c1-18-6-4-9-21(23(18)24(30)27-10-2-3-11-27)25-17-22(29)26-19-7-5-8-20(16-19)34(31,32)28-12-14-33-15-13-28/h4-9,16,25H,2-3,10-15,17H2,1H3,(H,26,29). The summed E-state index contributed by atoms with van der Waals surface area (Å²) >= 11 is 0. The fourth-order valence-corrected chi connectivity index (χ4v) is 5.68. The predicted molar refractivity (Wildman–Crippen MR) is 129 cm³/mol. The van der Waals surface area contributed by atoms with Gasteiger partial charge in [0.15, 0.2) is 0 Å². The van der Waals surface area contributed by atoms with Crippen molar-refractivity contribution in [3.63, 3.8) is 0 Å². The molecule has 182 valence electrons. The largest absolute Gasteiger partial charge is 0.379 e. The Morgan fingerprint density at radius 3 is 2.44 bits per heavy atom. The maximum Gasteiger partial charge on any atom is 0.256 e. The SMILES string of the molecule is Cc1cccc(NCC(=O)Nc2cccc(S(=O)(=O)N3CCOCC3)c2)c1C(=O)N1CCCC1. The van der Waals surface area contributed by atoms with Crippen molar-refractivity contribution in [2.75, 3.05) is 56.6 Å². The normalized spacial score (nSPS) is 16.9. The van der Waals surface area contributed by atoms with Crippen molar-refractivity contribution in [1.82, 2.24) is 9.21 Å². The first-order chi connectivity index (χ1) is 16.4. The van der Waals surface area contributed by atoms with Crippen LogP contribution >= 0.6 is 0 Å². The Morgan fingerprint density at radius 1 is 1.00 bits per heavy atom. The Bertz CT molecular complexity index is 1160. The number of carbonyl (C=O) groups is 2. The summed E-state index contributed by atoms with van der Waals surface area (Å²) in [6, 6.07) is 11.7. The van der Waals surface area contributed by atoms with Crippen LogP contribution in [0, 0.1) is 6.92 Å². The van der Waals surface area contributed by atoms with Gasteiger partial charge in [0.1, 0.15) is 0 Å². The van der Waals surface area contributed by atoms with Crippen molar-refractivity contribution < 1.29 is 22.7 Å². The van der Waals surface area contributed by atoms with Gasteiger partial charge in [0.2, 0.25) is 15.9 Å². The number of hydrogen-bond acceptors (Lipinski definition) is 6. The maximum atomic E-state index is 13.0. The van der Waals surface area contributed by atoms with Gasteiger partial charge in [-0.05, 0) is 49.6 Å². The molecule has 9 nitrogen and oxygen atoms in total. The van der Waals surface area contributed by atoms with Gasteiger partial charge in [0.25, 0.3) is 5.91 Å². The molecule has 4 rings (SSSR count). The van der Waals surface area contributed by atoms with Gasteiger partial charge in [-0.1, -0.05) is 18.2 Å². The summed E-state index contributed by atoms with van der Waals surface area (Å²) < 4.78 is 32.4. The smallest absolute Gasteiger partial charge is 0.256 e. The molecule has 2 aromatic rings. The lowest BCUT2D eigenvalue weighted by molar-refractivity contribution is -0.114. The van der Waals surface area contributed by atoms with Crippen LogP contribution in [0.5, 0.6) is 0 Å². The summed E-state index contributed by atoms with van der Waals surface area (Å²) in [4.78, 5) is 27.6. The maximum absolute atomic E-state index is 13.0. The van der Waals surface area contributed by atoms with E-state index in [1.807, 2.05) is 24.0 Å². The molecule has 2 amide bonds. The quantitative estimate of drug-likeness (QED) is 0.622. The number of amides is 2. The molecule has 0 aliphatic carbocycles. The van der Waals surface area contributed by atoms with Crippen LogP contribution in [0.3, 0.4) is 0 Å². The van der Waals surface area contributed by atoms with E-state index < -0.39 is 10.0 Å². The van der Waals surface area contributed by atoms with Crippen LogP contribution in [0.15, 0.2) is 47.4 Å². The van der Waals surface area contributed by atoms with Crippen LogP contribution in [0.2, 0.25) is 0 Å². The molecule has 2 aromatic carbocycles. The number of hydrogen-bond donors (Lipinski definition) is 2. The molecule has 0 unspecified atom stereocenters. The fraction of sp³-hybridized carbons (Fsp3) is 0.417. The summed E-state index contributed by atoms with van der Waals surface area (Å²) in [5.41, 5.74) is 2.42. The van der Waals surface area contributed by atoms with Gasteiger partial charge in [-0.25, -0.2) is 8.42 Å². The number of anilines is 2. The van der Waals surface area contributed by atoms with Crippen molar-refractivity contribution in [1.29, 1.82) is 0 Å². The first-order valence-electron chi connectivity index (χ1n) is 11.5. The third-order valence-corrected chi connectivity index (χ3v) is 7.94. The van der Waals surface area contributed by atoms with E-state index in [1.54, 1.807) is 18.2 Å². The zero-order valence-corrected chi connectivity index (χ0v) is 20.1. The van der Waals surface area contributed by atoms with E-state index in [4.69, 9.17) is 4.74 Å². The van der Waals surface area contributed by atoms with Crippen LogP contribution < -0.4 is 10.6 Å². The topological polar surface area (TPSA) is 108 Å². The van der Waals surface area contributed by atoms with Crippen LogP contribution in [0.25, 0.3) is 0 Å². The molecule has 0 atom stereocenters. The van der Waals surface area contributed by atoms with Gasteiger partial charge in [0, 0.05) is 37.6 Å². The van der Waals surface area contributed by atoms with Crippen molar-refractivity contribution in [2.45, 2.75) is 24.7 Å². The Labute approximate surface area is 200 Å². The van der Waals surface area contributed by atoms with Crippen molar-refractivity contribution in [2.24, 2.45) is 0 Å². The minimum absolute atomic E-state index is 0.0282. The summed E-state index contributed by atoms with van der Waals surface area (Å²) in [7, 11) is -3.66. The lowest BCUT2D eigenvalue weighted by Gasteiger charge is -2.26. The first-order valence-corrected chi connectivity index (χ1v) is 12.9. The summed E-state index contributed by atoms with van der Waals surface area (Å²) in [6.07, 6.45) is 2.01. The number of benzene rings is 2. The van der Waals surface area contributed by atoms with Crippen molar-refractivity contribution >= 4 is 33.2 Å². The molecule has 34 heavy (non-hydrogen) atoms. The second-order valence-electron chi connectivity index (χ2n) is 8.44. The Balaban J connectivity index is 1.42. The molecule has 0 spiro atoms. The minimum Gasteiger partial charge on any atom is -0.379 e. The number of nitrogens with zero attached hydrogens (tertiary/aromatic N) is 2. The van der Waals surface area contributed by atoms with E-state index in [-0.39, 0.29) is 23.3 Å². The van der Waals surface area contributed by atoms with Gasteiger partial charge in [-0.15, -0.1) is 0 Å². The lowest BCUT2D eigenvalue weighted by Crippen LogP contribution is -2.40. The van der Waals surface area contributed by atoms with Crippen LogP contribution in [0.4, 0.5) is 11.4 Å². The third-order valence-electron chi connectivity index (χ3n) is 6.04. The van der Waals surface area contributed by atoms with E-state index in [0.717, 1.165) is 31.5 Å². The minimum atomic E-state index is -3.66. The summed E-state index contributed by atoms with van der Waals surface area (Å²) in [6.45, 7) is 4.65. The molecular weight excluding hydrogens is 456 g/mol. The molecule has 2 fully saturated rings. The fourth-order valence-electron chi connectivity index (χ4n) is 4.23. The highest BCUT2D eigenvalue weighted by atomic mass is 32.2. The van der Waals surface area contributed by atoms with Crippen molar-refractivity contribution in [3.8, 4) is 0 Å². The number of aryl methyl sites for hydroxylation is 1. The summed E-state index contributed by atoms with van der Waals surface area (Å²) in [5.74, 6) is -0.374. The van der Waals surface area contributed by atoms with Gasteiger partial charge in [0.05, 0.1) is 30.2 Å². The van der Waals surface area contributed by atoms with Gasteiger partial charge in [-0.2, -0.15) is 4.31 Å². The monoisotopic (exact) mass is 486 g/mol. The molecule has 0 radical (unpaired) electrons. The molecule has 2 heterocycles. The molecule has 0 aromatic heterocycles. The average Bonchev–Trinajstić information content (AvgIpc) is 3.38. The molecule has 2 aliphatic heterocycles. The highest BCUT2D eigenvalue weighted by molar-refractivity contribution is 7.89. The highest BCUT2D eigenvalue weighted by Gasteiger charge is 2.27. The zero-order valence-electron chi connectivity index (χ0n) is 19.2. The molecular formula is C24H30N4O5S. The van der Waals surface area contributed by atoms with Crippen LogP contribution in [-0.2, 0) is 19.6 Å². The number of carbonyl (C=O) groups excluding carboxylic acids is 2. The van der Waals surface area contributed by atoms with Crippen molar-refractivity contribution in [3.05, 3.63) is 53.6 Å². The number of ether oxygens (including phenoxy) is 1. The Hall–Kier alpha value is -2.95. The average molecular weight is 487 g/mol.